The SMILES string of the molecule is Cc1nn(C)c(Cl)c1C(=O)N1CCC[C@H]2C(=O)N(C)C[C@H]21. The summed E-state index contributed by atoms with van der Waals surface area (Å²) in [5.74, 6) is -0.0293. The molecule has 0 spiro atoms. The quantitative estimate of drug-likeness (QED) is 0.780. The monoisotopic (exact) mass is 310 g/mol. The summed E-state index contributed by atoms with van der Waals surface area (Å²) >= 11 is 6.20. The molecular formula is C14H19ClN4O2. The highest BCUT2D eigenvalue weighted by Crippen LogP contribution is 2.33. The molecule has 2 aliphatic heterocycles. The van der Waals surface area contributed by atoms with Gasteiger partial charge in [-0.05, 0) is 19.8 Å². The molecule has 2 saturated heterocycles. The first-order valence-electron chi connectivity index (χ1n) is 7.17. The molecule has 0 aromatic carbocycles. The van der Waals surface area contributed by atoms with Gasteiger partial charge < -0.3 is 9.80 Å². The summed E-state index contributed by atoms with van der Waals surface area (Å²) in [6.45, 7) is 3.06. The molecule has 0 unspecified atom stereocenters. The zero-order valence-electron chi connectivity index (χ0n) is 12.5. The van der Waals surface area contributed by atoms with Crippen molar-refractivity contribution in [2.45, 2.75) is 25.8 Å². The largest absolute Gasteiger partial charge is 0.343 e. The van der Waals surface area contributed by atoms with Crippen LogP contribution in [0.5, 0.6) is 0 Å². The highest BCUT2D eigenvalue weighted by Gasteiger charge is 2.46. The second kappa shape index (κ2) is 5.02. The van der Waals surface area contributed by atoms with Gasteiger partial charge in [-0.25, -0.2) is 0 Å². The molecule has 3 rings (SSSR count). The van der Waals surface area contributed by atoms with E-state index in [0.29, 0.717) is 29.5 Å². The summed E-state index contributed by atoms with van der Waals surface area (Å²) in [6.07, 6.45) is 1.71. The molecule has 6 nitrogen and oxygen atoms in total. The van der Waals surface area contributed by atoms with Crippen LogP contribution in [0.15, 0.2) is 0 Å². The fourth-order valence-electron chi connectivity index (χ4n) is 3.49. The van der Waals surface area contributed by atoms with Crippen LogP contribution in [0.3, 0.4) is 0 Å². The predicted octanol–water partition coefficient (Wildman–Crippen LogP) is 1.07. The number of carbonyl (C=O) groups excluding carboxylic acids is 2. The molecular weight excluding hydrogens is 292 g/mol. The maximum atomic E-state index is 12.9. The molecule has 2 aliphatic rings. The van der Waals surface area contributed by atoms with Crippen molar-refractivity contribution in [3.8, 4) is 0 Å². The number of halogens is 1. The maximum Gasteiger partial charge on any atom is 0.259 e. The molecule has 0 aliphatic carbocycles. The standard InChI is InChI=1S/C14H19ClN4O2/c1-8-11(12(15)18(3)16-8)14(21)19-6-4-5-9-10(19)7-17(2)13(9)20/h9-10H,4-7H2,1-3H3/t9-,10-/m1/s1. The van der Waals surface area contributed by atoms with E-state index in [1.54, 1.807) is 25.9 Å². The number of rotatable bonds is 1. The summed E-state index contributed by atoms with van der Waals surface area (Å²) in [4.78, 5) is 28.5. The second-order valence-corrected chi connectivity index (χ2v) is 6.27. The lowest BCUT2D eigenvalue weighted by Crippen LogP contribution is -2.48. The van der Waals surface area contributed by atoms with Gasteiger partial charge in [-0.3, -0.25) is 14.3 Å². The van der Waals surface area contributed by atoms with Gasteiger partial charge in [0.2, 0.25) is 5.91 Å². The number of nitrogens with zero attached hydrogens (tertiary/aromatic N) is 4. The van der Waals surface area contributed by atoms with Crippen LogP contribution in [0.4, 0.5) is 0 Å². The lowest BCUT2D eigenvalue weighted by molar-refractivity contribution is -0.130. The molecule has 1 aromatic rings. The Labute approximate surface area is 128 Å². The Morgan fingerprint density at radius 2 is 2.10 bits per heavy atom. The number of fused-ring (bicyclic) bond motifs is 1. The topological polar surface area (TPSA) is 58.4 Å². The number of aromatic nitrogens is 2. The van der Waals surface area contributed by atoms with Gasteiger partial charge in [-0.1, -0.05) is 11.6 Å². The van der Waals surface area contributed by atoms with Gasteiger partial charge in [-0.15, -0.1) is 0 Å². The van der Waals surface area contributed by atoms with Crippen molar-refractivity contribution in [3.05, 3.63) is 16.4 Å². The molecule has 2 atom stereocenters. The third-order valence-electron chi connectivity index (χ3n) is 4.56. The van der Waals surface area contributed by atoms with Crippen LogP contribution < -0.4 is 0 Å². The van der Waals surface area contributed by atoms with Crippen molar-refractivity contribution in [2.24, 2.45) is 13.0 Å². The number of hydrogen-bond acceptors (Lipinski definition) is 3. The fraction of sp³-hybridized carbons (Fsp3) is 0.643. The number of amides is 2. The lowest BCUT2D eigenvalue weighted by atomic mass is 9.91. The number of piperidine rings is 1. The van der Waals surface area contributed by atoms with Crippen LogP contribution in [-0.2, 0) is 11.8 Å². The van der Waals surface area contributed by atoms with E-state index >= 15 is 0 Å². The van der Waals surface area contributed by atoms with Crippen LogP contribution in [-0.4, -0.2) is 57.6 Å². The average Bonchev–Trinajstić information content (AvgIpc) is 2.87. The minimum atomic E-state index is -0.108. The van der Waals surface area contributed by atoms with Gasteiger partial charge in [0.05, 0.1) is 23.2 Å². The summed E-state index contributed by atoms with van der Waals surface area (Å²) in [5, 5.41) is 4.56. The highest BCUT2D eigenvalue weighted by molar-refractivity contribution is 6.33. The van der Waals surface area contributed by atoms with E-state index < -0.39 is 0 Å². The third-order valence-corrected chi connectivity index (χ3v) is 4.99. The van der Waals surface area contributed by atoms with Gasteiger partial charge in [0.15, 0.2) is 0 Å². The Kier molecular flexibility index (Phi) is 3.43. The third kappa shape index (κ3) is 2.12. The van der Waals surface area contributed by atoms with Crippen molar-refractivity contribution in [3.63, 3.8) is 0 Å². The fourth-order valence-corrected chi connectivity index (χ4v) is 3.75. The van der Waals surface area contributed by atoms with Crippen molar-refractivity contribution in [2.75, 3.05) is 20.1 Å². The molecule has 3 heterocycles. The Balaban J connectivity index is 1.92. The summed E-state index contributed by atoms with van der Waals surface area (Å²) in [6, 6.07) is -0.0422. The van der Waals surface area contributed by atoms with Crippen molar-refractivity contribution in [1.82, 2.24) is 19.6 Å². The maximum absolute atomic E-state index is 12.9. The van der Waals surface area contributed by atoms with E-state index in [9.17, 15) is 9.59 Å². The molecule has 0 bridgehead atoms. The van der Waals surface area contributed by atoms with E-state index in [4.69, 9.17) is 11.6 Å². The lowest BCUT2D eigenvalue weighted by Gasteiger charge is -2.35. The van der Waals surface area contributed by atoms with Crippen LogP contribution >= 0.6 is 11.6 Å². The Hall–Kier alpha value is -1.56. The minimum absolute atomic E-state index is 0.0422. The molecule has 2 amide bonds. The van der Waals surface area contributed by atoms with E-state index in [1.165, 1.54) is 4.68 Å². The number of likely N-dealkylation sites (tertiary alicyclic amines) is 2. The molecule has 0 radical (unpaired) electrons. The normalized spacial score (nSPS) is 25.4. The first-order valence-corrected chi connectivity index (χ1v) is 7.54. The summed E-state index contributed by atoms with van der Waals surface area (Å²) in [7, 11) is 3.52. The second-order valence-electron chi connectivity index (χ2n) is 5.91. The smallest absolute Gasteiger partial charge is 0.259 e. The molecule has 0 saturated carbocycles. The highest BCUT2D eigenvalue weighted by atomic mass is 35.5. The molecule has 114 valence electrons. The van der Waals surface area contributed by atoms with Gasteiger partial charge in [-0.2, -0.15) is 5.10 Å². The van der Waals surface area contributed by atoms with E-state index in [-0.39, 0.29) is 23.8 Å². The number of aryl methyl sites for hydroxylation is 2. The van der Waals surface area contributed by atoms with Gasteiger partial charge >= 0.3 is 0 Å². The molecule has 1 aromatic heterocycles. The summed E-state index contributed by atoms with van der Waals surface area (Å²) < 4.78 is 1.51. The number of hydrogen-bond donors (Lipinski definition) is 0. The van der Waals surface area contributed by atoms with Gasteiger partial charge in [0.1, 0.15) is 5.15 Å². The van der Waals surface area contributed by atoms with Gasteiger partial charge in [0, 0.05) is 27.2 Å². The van der Waals surface area contributed by atoms with E-state index in [0.717, 1.165) is 12.8 Å². The molecule has 0 N–H and O–H groups in total. The first kappa shape index (κ1) is 14.4. The predicted molar refractivity (Wildman–Crippen MR) is 78.1 cm³/mol. The van der Waals surface area contributed by atoms with Crippen LogP contribution in [0.1, 0.15) is 28.9 Å². The summed E-state index contributed by atoms with van der Waals surface area (Å²) in [5.41, 5.74) is 1.09. The van der Waals surface area contributed by atoms with Crippen molar-refractivity contribution >= 4 is 23.4 Å². The van der Waals surface area contributed by atoms with Gasteiger partial charge in [0.25, 0.3) is 5.91 Å². The van der Waals surface area contributed by atoms with E-state index in [2.05, 4.69) is 5.10 Å². The molecule has 2 fully saturated rings. The molecule has 21 heavy (non-hydrogen) atoms. The number of carbonyl (C=O) groups is 2. The Morgan fingerprint density at radius 3 is 2.71 bits per heavy atom. The van der Waals surface area contributed by atoms with Crippen LogP contribution in [0.2, 0.25) is 5.15 Å². The zero-order valence-corrected chi connectivity index (χ0v) is 13.2. The van der Waals surface area contributed by atoms with Crippen LogP contribution in [0.25, 0.3) is 0 Å². The van der Waals surface area contributed by atoms with Crippen LogP contribution in [0, 0.1) is 12.8 Å². The molecule has 7 heteroatoms. The average molecular weight is 311 g/mol. The zero-order chi connectivity index (χ0) is 15.3. The first-order chi connectivity index (χ1) is 9.91. The van der Waals surface area contributed by atoms with Crippen molar-refractivity contribution in [1.29, 1.82) is 0 Å². The Morgan fingerprint density at radius 1 is 1.38 bits per heavy atom. The van der Waals surface area contributed by atoms with Crippen molar-refractivity contribution < 1.29 is 9.59 Å². The Bertz CT molecular complexity index is 612. The minimum Gasteiger partial charge on any atom is -0.343 e. The van der Waals surface area contributed by atoms with E-state index in [1.807, 2.05) is 4.90 Å². The number of likely N-dealkylation sites (N-methyl/N-ethyl adjacent to an activating group) is 1.